The van der Waals surface area contributed by atoms with Crippen LogP contribution in [-0.2, 0) is 11.3 Å². The van der Waals surface area contributed by atoms with E-state index >= 15 is 0 Å². The number of nitrogens with one attached hydrogen (secondary N) is 1. The first kappa shape index (κ1) is 20.7. The van der Waals surface area contributed by atoms with Crippen molar-refractivity contribution in [3.8, 4) is 22.9 Å². The number of aromatic nitrogens is 3. The zero-order valence-corrected chi connectivity index (χ0v) is 17.7. The Labute approximate surface area is 174 Å². The minimum absolute atomic E-state index is 0.162. The molecule has 0 saturated heterocycles. The summed E-state index contributed by atoms with van der Waals surface area (Å²) in [6, 6.07) is 13.3. The van der Waals surface area contributed by atoms with Crippen molar-refractivity contribution in [3.05, 3.63) is 48.0 Å². The minimum Gasteiger partial charge on any atom is -0.497 e. The Kier molecular flexibility index (Phi) is 6.77. The number of methoxy groups -OCH3 is 2. The first-order chi connectivity index (χ1) is 14.1. The van der Waals surface area contributed by atoms with Gasteiger partial charge in [0.2, 0.25) is 5.91 Å². The second-order valence-electron chi connectivity index (χ2n) is 6.27. The van der Waals surface area contributed by atoms with Gasteiger partial charge in [-0.3, -0.25) is 4.79 Å². The normalized spacial score (nSPS) is 10.6. The first-order valence-corrected chi connectivity index (χ1v) is 10.2. The summed E-state index contributed by atoms with van der Waals surface area (Å²) >= 11 is 1.35. The van der Waals surface area contributed by atoms with Crippen LogP contribution < -0.4 is 14.8 Å². The number of amides is 1. The Bertz CT molecular complexity index is 1000. The molecule has 0 bridgehead atoms. The van der Waals surface area contributed by atoms with Gasteiger partial charge in [-0.2, -0.15) is 0 Å². The van der Waals surface area contributed by atoms with Gasteiger partial charge in [0.25, 0.3) is 0 Å². The largest absolute Gasteiger partial charge is 0.497 e. The number of benzene rings is 2. The van der Waals surface area contributed by atoms with Crippen molar-refractivity contribution in [2.75, 3.05) is 25.3 Å². The van der Waals surface area contributed by atoms with Crippen LogP contribution in [0.3, 0.4) is 0 Å². The third-order valence-electron chi connectivity index (χ3n) is 4.43. The molecule has 8 heteroatoms. The van der Waals surface area contributed by atoms with E-state index in [0.717, 1.165) is 17.0 Å². The van der Waals surface area contributed by atoms with Gasteiger partial charge in [0.05, 0.1) is 25.7 Å². The smallest absolute Gasteiger partial charge is 0.234 e. The van der Waals surface area contributed by atoms with Crippen molar-refractivity contribution < 1.29 is 14.3 Å². The van der Waals surface area contributed by atoms with Crippen LogP contribution in [-0.4, -0.2) is 40.6 Å². The van der Waals surface area contributed by atoms with Crippen molar-refractivity contribution in [1.82, 2.24) is 14.8 Å². The second kappa shape index (κ2) is 9.47. The zero-order chi connectivity index (χ0) is 20.8. The number of nitrogens with zero attached hydrogens (tertiary/aromatic N) is 3. The Balaban J connectivity index is 1.72. The Morgan fingerprint density at radius 3 is 2.62 bits per heavy atom. The molecule has 7 nitrogen and oxygen atoms in total. The van der Waals surface area contributed by atoms with E-state index in [1.165, 1.54) is 11.8 Å². The molecule has 3 aromatic rings. The van der Waals surface area contributed by atoms with Gasteiger partial charge in [-0.25, -0.2) is 0 Å². The third kappa shape index (κ3) is 4.71. The topological polar surface area (TPSA) is 78.3 Å². The van der Waals surface area contributed by atoms with Crippen molar-refractivity contribution in [2.45, 2.75) is 25.5 Å². The lowest BCUT2D eigenvalue weighted by atomic mass is 10.1. The van der Waals surface area contributed by atoms with Crippen LogP contribution in [0, 0.1) is 6.92 Å². The molecule has 2 aromatic carbocycles. The maximum absolute atomic E-state index is 12.5. The molecule has 1 amide bonds. The van der Waals surface area contributed by atoms with Gasteiger partial charge in [-0.15, -0.1) is 10.2 Å². The van der Waals surface area contributed by atoms with Gasteiger partial charge in [-0.1, -0.05) is 36.0 Å². The summed E-state index contributed by atoms with van der Waals surface area (Å²) in [6.45, 7) is 4.80. The maximum Gasteiger partial charge on any atom is 0.234 e. The van der Waals surface area contributed by atoms with Crippen LogP contribution in [0.1, 0.15) is 12.5 Å². The molecular weight excluding hydrogens is 388 g/mol. The molecule has 0 radical (unpaired) electrons. The monoisotopic (exact) mass is 412 g/mol. The highest BCUT2D eigenvalue weighted by molar-refractivity contribution is 7.99. The molecular formula is C21H24N4O3S. The van der Waals surface area contributed by atoms with E-state index in [1.54, 1.807) is 32.4 Å². The Hall–Kier alpha value is -3.00. The summed E-state index contributed by atoms with van der Waals surface area (Å²) in [6.07, 6.45) is 0. The number of thioether (sulfide) groups is 1. The summed E-state index contributed by atoms with van der Waals surface area (Å²) < 4.78 is 12.5. The van der Waals surface area contributed by atoms with E-state index in [0.29, 0.717) is 28.9 Å². The molecule has 0 unspecified atom stereocenters. The summed E-state index contributed by atoms with van der Waals surface area (Å²) in [5, 5.41) is 12.2. The van der Waals surface area contributed by atoms with Crippen molar-refractivity contribution >= 4 is 23.4 Å². The number of ether oxygens (including phenoxy) is 2. The molecule has 1 aromatic heterocycles. The highest BCUT2D eigenvalue weighted by Gasteiger charge is 2.16. The molecule has 0 atom stereocenters. The lowest BCUT2D eigenvalue weighted by molar-refractivity contribution is -0.113. The van der Waals surface area contributed by atoms with Crippen molar-refractivity contribution in [3.63, 3.8) is 0 Å². The van der Waals surface area contributed by atoms with Crippen LogP contribution in [0.2, 0.25) is 0 Å². The molecule has 0 aliphatic carbocycles. The highest BCUT2D eigenvalue weighted by Crippen LogP contribution is 2.30. The lowest BCUT2D eigenvalue weighted by Gasteiger charge is -2.12. The average Bonchev–Trinajstić information content (AvgIpc) is 3.15. The van der Waals surface area contributed by atoms with Crippen LogP contribution in [0.5, 0.6) is 11.5 Å². The molecule has 0 spiro atoms. The van der Waals surface area contributed by atoms with Gasteiger partial charge in [-0.05, 0) is 31.5 Å². The highest BCUT2D eigenvalue weighted by atomic mass is 32.2. The Morgan fingerprint density at radius 2 is 1.93 bits per heavy atom. The van der Waals surface area contributed by atoms with Gasteiger partial charge in [0, 0.05) is 18.2 Å². The van der Waals surface area contributed by atoms with Crippen LogP contribution >= 0.6 is 11.8 Å². The molecule has 152 valence electrons. The third-order valence-corrected chi connectivity index (χ3v) is 5.40. The molecule has 1 heterocycles. The number of aryl methyl sites for hydroxylation is 1. The number of hydrogen-bond acceptors (Lipinski definition) is 6. The van der Waals surface area contributed by atoms with Crippen LogP contribution in [0.15, 0.2) is 47.6 Å². The molecule has 0 saturated carbocycles. The van der Waals surface area contributed by atoms with Gasteiger partial charge >= 0.3 is 0 Å². The quantitative estimate of drug-likeness (QED) is 0.563. The molecule has 29 heavy (non-hydrogen) atoms. The fraction of sp³-hybridized carbons (Fsp3) is 0.286. The summed E-state index contributed by atoms with van der Waals surface area (Å²) in [5.41, 5.74) is 2.74. The Morgan fingerprint density at radius 1 is 1.14 bits per heavy atom. The molecule has 0 aliphatic heterocycles. The predicted molar refractivity (Wildman–Crippen MR) is 115 cm³/mol. The molecule has 3 rings (SSSR count). The van der Waals surface area contributed by atoms with E-state index in [2.05, 4.69) is 15.5 Å². The zero-order valence-electron chi connectivity index (χ0n) is 16.9. The lowest BCUT2D eigenvalue weighted by Crippen LogP contribution is -2.15. The van der Waals surface area contributed by atoms with Gasteiger partial charge in [0.15, 0.2) is 11.0 Å². The number of carbonyl (C=O) groups excluding carboxylic acids is 1. The van der Waals surface area contributed by atoms with E-state index in [9.17, 15) is 4.79 Å². The SMILES string of the molecule is CCn1c(SCC(=O)Nc2cc(OC)ccc2OC)nnc1-c1ccccc1C. The summed E-state index contributed by atoms with van der Waals surface area (Å²) in [7, 11) is 3.13. The number of hydrogen-bond donors (Lipinski definition) is 1. The van der Waals surface area contributed by atoms with Crippen LogP contribution in [0.25, 0.3) is 11.4 Å². The molecule has 0 fully saturated rings. The average molecular weight is 413 g/mol. The number of anilines is 1. The minimum atomic E-state index is -0.162. The number of rotatable bonds is 8. The van der Waals surface area contributed by atoms with Crippen LogP contribution in [0.4, 0.5) is 5.69 Å². The van der Waals surface area contributed by atoms with E-state index in [1.807, 2.05) is 42.7 Å². The standard InChI is InChI=1S/C21H24N4O3S/c1-5-25-20(16-9-7-6-8-14(16)2)23-24-21(25)29-13-19(26)22-17-12-15(27-3)10-11-18(17)28-4/h6-12H,5,13H2,1-4H3,(H,22,26). The van der Waals surface area contributed by atoms with Crippen molar-refractivity contribution in [2.24, 2.45) is 0 Å². The van der Waals surface area contributed by atoms with E-state index in [-0.39, 0.29) is 11.7 Å². The van der Waals surface area contributed by atoms with Crippen molar-refractivity contribution in [1.29, 1.82) is 0 Å². The first-order valence-electron chi connectivity index (χ1n) is 9.21. The van der Waals surface area contributed by atoms with Gasteiger partial charge in [0.1, 0.15) is 11.5 Å². The predicted octanol–water partition coefficient (Wildman–Crippen LogP) is 4.02. The fourth-order valence-electron chi connectivity index (χ4n) is 2.93. The maximum atomic E-state index is 12.5. The fourth-order valence-corrected chi connectivity index (χ4v) is 3.73. The second-order valence-corrected chi connectivity index (χ2v) is 7.21. The van der Waals surface area contributed by atoms with E-state index in [4.69, 9.17) is 9.47 Å². The molecule has 1 N–H and O–H groups in total. The summed E-state index contributed by atoms with van der Waals surface area (Å²) in [4.78, 5) is 12.5. The van der Waals surface area contributed by atoms with Gasteiger partial charge < -0.3 is 19.4 Å². The number of carbonyl (C=O) groups is 1. The summed E-state index contributed by atoms with van der Waals surface area (Å²) in [5.74, 6) is 2.06. The molecule has 0 aliphatic rings. The van der Waals surface area contributed by atoms with E-state index < -0.39 is 0 Å².